The molecular weight excluding hydrogens is 231 g/mol. The van der Waals surface area contributed by atoms with Gasteiger partial charge in [0.25, 0.3) is 0 Å². The van der Waals surface area contributed by atoms with E-state index in [0.29, 0.717) is 17.7 Å². The maximum absolute atomic E-state index is 13.8. The minimum absolute atomic E-state index is 0.170. The molecule has 0 bridgehead atoms. The van der Waals surface area contributed by atoms with E-state index in [-0.39, 0.29) is 12.4 Å². The summed E-state index contributed by atoms with van der Waals surface area (Å²) in [6.45, 7) is 1.93. The molecule has 0 spiro atoms. The van der Waals surface area contributed by atoms with Gasteiger partial charge in [0.05, 0.1) is 6.61 Å². The average molecular weight is 246 g/mol. The molecule has 18 heavy (non-hydrogen) atoms. The Bertz CT molecular complexity index is 500. The molecule has 3 heteroatoms. The quantitative estimate of drug-likeness (QED) is 0.897. The van der Waals surface area contributed by atoms with Gasteiger partial charge in [-0.25, -0.2) is 4.39 Å². The standard InChI is InChI=1S/C15H15FO2/c1-11-7-13(9-17)8-14(16)15(11)18-10-12-5-3-2-4-6-12/h2-8,17H,9-10H2,1H3. The zero-order chi connectivity index (χ0) is 13.0. The molecule has 2 aromatic rings. The molecule has 0 atom stereocenters. The van der Waals surface area contributed by atoms with Gasteiger partial charge in [-0.3, -0.25) is 0 Å². The van der Waals surface area contributed by atoms with Crippen molar-refractivity contribution in [3.8, 4) is 5.75 Å². The Labute approximate surface area is 106 Å². The topological polar surface area (TPSA) is 29.5 Å². The first kappa shape index (κ1) is 12.6. The van der Waals surface area contributed by atoms with Crippen molar-refractivity contribution in [3.05, 3.63) is 65.0 Å². The molecule has 0 heterocycles. The van der Waals surface area contributed by atoms with Crippen LogP contribution in [-0.4, -0.2) is 5.11 Å². The number of aliphatic hydroxyl groups excluding tert-OH is 1. The molecule has 0 amide bonds. The van der Waals surface area contributed by atoms with Gasteiger partial charge in [0, 0.05) is 0 Å². The molecule has 0 radical (unpaired) electrons. The average Bonchev–Trinajstić information content (AvgIpc) is 2.38. The summed E-state index contributed by atoms with van der Waals surface area (Å²) in [6.07, 6.45) is 0. The minimum Gasteiger partial charge on any atom is -0.486 e. The van der Waals surface area contributed by atoms with Crippen LogP contribution in [-0.2, 0) is 13.2 Å². The van der Waals surface area contributed by atoms with Crippen molar-refractivity contribution in [2.24, 2.45) is 0 Å². The lowest BCUT2D eigenvalue weighted by atomic mass is 10.1. The van der Waals surface area contributed by atoms with Gasteiger partial charge in [0.15, 0.2) is 11.6 Å². The number of halogens is 1. The second-order valence-electron chi connectivity index (χ2n) is 4.16. The van der Waals surface area contributed by atoms with Crippen LogP contribution in [0.2, 0.25) is 0 Å². The van der Waals surface area contributed by atoms with Crippen LogP contribution in [0.3, 0.4) is 0 Å². The molecule has 0 saturated carbocycles. The third-order valence-electron chi connectivity index (χ3n) is 2.70. The Balaban J connectivity index is 2.15. The molecule has 94 valence electrons. The summed E-state index contributed by atoms with van der Waals surface area (Å²) in [7, 11) is 0. The highest BCUT2D eigenvalue weighted by molar-refractivity contribution is 5.37. The van der Waals surface area contributed by atoms with E-state index in [1.165, 1.54) is 6.07 Å². The molecule has 1 N–H and O–H groups in total. The van der Waals surface area contributed by atoms with Crippen LogP contribution >= 0.6 is 0 Å². The van der Waals surface area contributed by atoms with Gasteiger partial charge < -0.3 is 9.84 Å². The third-order valence-corrected chi connectivity index (χ3v) is 2.70. The zero-order valence-corrected chi connectivity index (χ0v) is 10.2. The lowest BCUT2D eigenvalue weighted by molar-refractivity contribution is 0.275. The lowest BCUT2D eigenvalue weighted by Gasteiger charge is -2.11. The van der Waals surface area contributed by atoms with E-state index in [4.69, 9.17) is 9.84 Å². The van der Waals surface area contributed by atoms with Crippen LogP contribution in [0.25, 0.3) is 0 Å². The van der Waals surface area contributed by atoms with Gasteiger partial charge in [0.1, 0.15) is 6.61 Å². The van der Waals surface area contributed by atoms with Gasteiger partial charge in [-0.1, -0.05) is 30.3 Å². The predicted molar refractivity (Wildman–Crippen MR) is 67.8 cm³/mol. The molecule has 0 aliphatic rings. The third kappa shape index (κ3) is 2.87. The van der Waals surface area contributed by atoms with Crippen molar-refractivity contribution in [2.45, 2.75) is 20.1 Å². The Kier molecular flexibility index (Phi) is 3.95. The summed E-state index contributed by atoms with van der Waals surface area (Å²) < 4.78 is 19.3. The van der Waals surface area contributed by atoms with Crippen LogP contribution in [0.4, 0.5) is 4.39 Å². The first-order valence-corrected chi connectivity index (χ1v) is 5.77. The molecule has 2 rings (SSSR count). The van der Waals surface area contributed by atoms with Crippen molar-refractivity contribution < 1.29 is 14.2 Å². The maximum atomic E-state index is 13.8. The SMILES string of the molecule is Cc1cc(CO)cc(F)c1OCc1ccccc1. The number of hydrogen-bond donors (Lipinski definition) is 1. The Morgan fingerprint density at radius 1 is 1.11 bits per heavy atom. The summed E-state index contributed by atoms with van der Waals surface area (Å²) in [5, 5.41) is 8.98. The van der Waals surface area contributed by atoms with E-state index < -0.39 is 5.82 Å². The monoisotopic (exact) mass is 246 g/mol. The lowest BCUT2D eigenvalue weighted by Crippen LogP contribution is -2.00. The fourth-order valence-electron chi connectivity index (χ4n) is 1.81. The van der Waals surface area contributed by atoms with E-state index in [2.05, 4.69) is 0 Å². The molecular formula is C15H15FO2. The first-order chi connectivity index (χ1) is 8.70. The number of aryl methyl sites for hydroxylation is 1. The van der Waals surface area contributed by atoms with Crippen molar-refractivity contribution in [1.29, 1.82) is 0 Å². The molecule has 0 aliphatic carbocycles. The molecule has 0 aliphatic heterocycles. The van der Waals surface area contributed by atoms with Gasteiger partial charge in [0.2, 0.25) is 0 Å². The minimum atomic E-state index is -0.435. The highest BCUT2D eigenvalue weighted by atomic mass is 19.1. The van der Waals surface area contributed by atoms with Gasteiger partial charge in [-0.05, 0) is 35.7 Å². The Hall–Kier alpha value is -1.87. The van der Waals surface area contributed by atoms with Crippen LogP contribution in [0, 0.1) is 12.7 Å². The van der Waals surface area contributed by atoms with Crippen LogP contribution in [0.5, 0.6) is 5.75 Å². The molecule has 2 aromatic carbocycles. The van der Waals surface area contributed by atoms with Crippen LogP contribution in [0.1, 0.15) is 16.7 Å². The van der Waals surface area contributed by atoms with E-state index in [1.54, 1.807) is 13.0 Å². The van der Waals surface area contributed by atoms with Gasteiger partial charge in [-0.2, -0.15) is 0 Å². The molecule has 0 unspecified atom stereocenters. The molecule has 0 saturated heterocycles. The van der Waals surface area contributed by atoms with Gasteiger partial charge >= 0.3 is 0 Å². The highest BCUT2D eigenvalue weighted by Gasteiger charge is 2.09. The summed E-state index contributed by atoms with van der Waals surface area (Å²) >= 11 is 0. The summed E-state index contributed by atoms with van der Waals surface area (Å²) in [5.74, 6) is -0.189. The molecule has 2 nitrogen and oxygen atoms in total. The second-order valence-corrected chi connectivity index (χ2v) is 4.16. The molecule has 0 aromatic heterocycles. The Morgan fingerprint density at radius 3 is 2.44 bits per heavy atom. The predicted octanol–water partition coefficient (Wildman–Crippen LogP) is 3.21. The first-order valence-electron chi connectivity index (χ1n) is 5.77. The normalized spacial score (nSPS) is 10.4. The molecule has 0 fully saturated rings. The van der Waals surface area contributed by atoms with Crippen molar-refractivity contribution in [1.82, 2.24) is 0 Å². The summed E-state index contributed by atoms with van der Waals surface area (Å²) in [6, 6.07) is 12.6. The zero-order valence-electron chi connectivity index (χ0n) is 10.2. The van der Waals surface area contributed by atoms with Crippen LogP contribution in [0.15, 0.2) is 42.5 Å². The second kappa shape index (κ2) is 5.65. The number of ether oxygens (including phenoxy) is 1. The number of rotatable bonds is 4. The van der Waals surface area contributed by atoms with E-state index in [9.17, 15) is 4.39 Å². The maximum Gasteiger partial charge on any atom is 0.165 e. The largest absolute Gasteiger partial charge is 0.486 e. The number of hydrogen-bond acceptors (Lipinski definition) is 2. The summed E-state index contributed by atoms with van der Waals surface area (Å²) in [5.41, 5.74) is 2.23. The van der Waals surface area contributed by atoms with Crippen molar-refractivity contribution in [3.63, 3.8) is 0 Å². The Morgan fingerprint density at radius 2 is 1.83 bits per heavy atom. The number of aliphatic hydroxyl groups is 1. The smallest absolute Gasteiger partial charge is 0.165 e. The fourth-order valence-corrected chi connectivity index (χ4v) is 1.81. The van der Waals surface area contributed by atoms with Gasteiger partial charge in [-0.15, -0.1) is 0 Å². The van der Waals surface area contributed by atoms with Crippen molar-refractivity contribution in [2.75, 3.05) is 0 Å². The van der Waals surface area contributed by atoms with E-state index in [0.717, 1.165) is 5.56 Å². The van der Waals surface area contributed by atoms with Crippen LogP contribution < -0.4 is 4.74 Å². The summed E-state index contributed by atoms with van der Waals surface area (Å²) in [4.78, 5) is 0. The van der Waals surface area contributed by atoms with E-state index in [1.807, 2.05) is 30.3 Å². The van der Waals surface area contributed by atoms with E-state index >= 15 is 0 Å². The van der Waals surface area contributed by atoms with Crippen molar-refractivity contribution >= 4 is 0 Å². The highest BCUT2D eigenvalue weighted by Crippen LogP contribution is 2.25. The number of benzene rings is 2. The fraction of sp³-hybridized carbons (Fsp3) is 0.200.